The van der Waals surface area contributed by atoms with Gasteiger partial charge in [0, 0.05) is 13.1 Å². The van der Waals surface area contributed by atoms with Gasteiger partial charge in [0.2, 0.25) is 0 Å². The topological polar surface area (TPSA) is 99.0 Å². The van der Waals surface area contributed by atoms with Crippen LogP contribution < -0.4 is 21.3 Å². The summed E-state index contributed by atoms with van der Waals surface area (Å²) in [6, 6.07) is 3.97. The second kappa shape index (κ2) is 4.38. The molecule has 0 saturated carbocycles. The molecule has 2 aromatic carbocycles. The zero-order chi connectivity index (χ0) is 16.5. The molecule has 2 aromatic rings. The predicted octanol–water partition coefficient (Wildman–Crippen LogP) is 2.18. The molecule has 0 aliphatic carbocycles. The number of phenols is 2. The van der Waals surface area contributed by atoms with Crippen LogP contribution in [0.1, 0.15) is 22.3 Å². The van der Waals surface area contributed by atoms with Gasteiger partial charge in [0.1, 0.15) is 5.75 Å². The standard InChI is InChI=1S/C17H20N4O2/c1-8-3-11-6-20-7-21(15(11)17(23)12(8)18)5-10-4-9(2)16(22)13(19)14(10)20/h3-4,22-23H,5-7,18-19H2,1-2H3. The van der Waals surface area contributed by atoms with Crippen LogP contribution >= 0.6 is 0 Å². The minimum atomic E-state index is 0.152. The molecule has 6 heteroatoms. The second-order valence-electron chi connectivity index (χ2n) is 6.46. The zero-order valence-corrected chi connectivity index (χ0v) is 13.2. The summed E-state index contributed by atoms with van der Waals surface area (Å²) in [7, 11) is 0. The molecule has 6 nitrogen and oxygen atoms in total. The summed E-state index contributed by atoms with van der Waals surface area (Å²) < 4.78 is 0. The van der Waals surface area contributed by atoms with Gasteiger partial charge in [-0.1, -0.05) is 0 Å². The van der Waals surface area contributed by atoms with Gasteiger partial charge in [-0.25, -0.2) is 0 Å². The number of aryl methyl sites for hydroxylation is 2. The van der Waals surface area contributed by atoms with E-state index in [9.17, 15) is 10.2 Å². The normalized spacial score (nSPS) is 15.4. The summed E-state index contributed by atoms with van der Waals surface area (Å²) in [4.78, 5) is 4.23. The molecular weight excluding hydrogens is 292 g/mol. The van der Waals surface area contributed by atoms with Gasteiger partial charge in [-0.15, -0.1) is 0 Å². The maximum absolute atomic E-state index is 10.5. The highest BCUT2D eigenvalue weighted by Crippen LogP contribution is 2.48. The Balaban J connectivity index is 1.91. The Labute approximate surface area is 134 Å². The summed E-state index contributed by atoms with van der Waals surface area (Å²) in [6.07, 6.45) is 0. The average Bonchev–Trinajstić information content (AvgIpc) is 2.50. The molecule has 0 fully saturated rings. The Morgan fingerprint density at radius 2 is 1.39 bits per heavy atom. The Morgan fingerprint density at radius 1 is 0.826 bits per heavy atom. The minimum Gasteiger partial charge on any atom is -0.505 e. The third-order valence-electron chi connectivity index (χ3n) is 4.87. The van der Waals surface area contributed by atoms with Crippen LogP contribution in [0.2, 0.25) is 0 Å². The van der Waals surface area contributed by atoms with E-state index in [1.807, 2.05) is 26.0 Å². The van der Waals surface area contributed by atoms with Crippen molar-refractivity contribution in [3.05, 3.63) is 34.4 Å². The molecule has 2 heterocycles. The molecule has 2 aliphatic heterocycles. The Morgan fingerprint density at radius 3 is 2.09 bits per heavy atom. The van der Waals surface area contributed by atoms with Crippen molar-refractivity contribution in [3.8, 4) is 11.5 Å². The lowest BCUT2D eigenvalue weighted by molar-refractivity contribution is 0.468. The maximum Gasteiger partial charge on any atom is 0.162 e. The van der Waals surface area contributed by atoms with E-state index in [0.29, 0.717) is 31.1 Å². The van der Waals surface area contributed by atoms with Gasteiger partial charge >= 0.3 is 0 Å². The number of hydrogen-bond donors (Lipinski definition) is 4. The van der Waals surface area contributed by atoms with Crippen LogP contribution in [0.4, 0.5) is 22.7 Å². The van der Waals surface area contributed by atoms with E-state index in [-0.39, 0.29) is 11.5 Å². The van der Waals surface area contributed by atoms with E-state index in [1.54, 1.807) is 0 Å². The van der Waals surface area contributed by atoms with E-state index < -0.39 is 0 Å². The SMILES string of the molecule is Cc1cc2c(c(O)c1N)N1Cc3cc(C)c(O)c(N)c3N(C2)C1. The molecular formula is C17H20N4O2. The number of nitrogen functional groups attached to an aromatic ring is 2. The van der Waals surface area contributed by atoms with Crippen LogP contribution in [0.5, 0.6) is 11.5 Å². The predicted molar refractivity (Wildman–Crippen MR) is 91.7 cm³/mol. The van der Waals surface area contributed by atoms with Crippen molar-refractivity contribution in [2.24, 2.45) is 0 Å². The molecule has 2 aliphatic rings. The lowest BCUT2D eigenvalue weighted by Gasteiger charge is -2.45. The molecule has 6 N–H and O–H groups in total. The van der Waals surface area contributed by atoms with Crippen molar-refractivity contribution in [2.45, 2.75) is 26.9 Å². The van der Waals surface area contributed by atoms with Crippen molar-refractivity contribution < 1.29 is 10.2 Å². The molecule has 0 saturated heterocycles. The number of nitrogens with zero attached hydrogens (tertiary/aromatic N) is 2. The Kier molecular flexibility index (Phi) is 2.64. The fourth-order valence-electron chi connectivity index (χ4n) is 3.75. The van der Waals surface area contributed by atoms with Gasteiger partial charge in [-0.2, -0.15) is 0 Å². The van der Waals surface area contributed by atoms with Crippen molar-refractivity contribution in [2.75, 3.05) is 27.9 Å². The van der Waals surface area contributed by atoms with Gasteiger partial charge in [0.05, 0.1) is 29.4 Å². The van der Waals surface area contributed by atoms with Crippen LogP contribution in [0, 0.1) is 13.8 Å². The summed E-state index contributed by atoms with van der Waals surface area (Å²) in [5.74, 6) is 0.311. The van der Waals surface area contributed by atoms with E-state index in [2.05, 4.69) is 9.80 Å². The number of phenolic OH excluding ortho intramolecular Hbond substituents is 2. The van der Waals surface area contributed by atoms with Gasteiger partial charge in [0.25, 0.3) is 0 Å². The molecule has 23 heavy (non-hydrogen) atoms. The fourth-order valence-corrected chi connectivity index (χ4v) is 3.75. The number of benzene rings is 2. The highest BCUT2D eigenvalue weighted by molar-refractivity contribution is 5.85. The molecule has 0 amide bonds. The number of nitrogens with two attached hydrogens (primary N) is 2. The van der Waals surface area contributed by atoms with Crippen molar-refractivity contribution in [1.29, 1.82) is 0 Å². The summed E-state index contributed by atoms with van der Waals surface area (Å²) in [5.41, 5.74) is 18.4. The van der Waals surface area contributed by atoms with Crippen LogP contribution in [0.15, 0.2) is 12.1 Å². The summed E-state index contributed by atoms with van der Waals surface area (Å²) in [5, 5.41) is 20.6. The van der Waals surface area contributed by atoms with E-state index in [0.717, 1.165) is 33.6 Å². The number of fused-ring (bicyclic) bond motifs is 6. The van der Waals surface area contributed by atoms with Crippen molar-refractivity contribution in [1.82, 2.24) is 0 Å². The van der Waals surface area contributed by atoms with Crippen LogP contribution in [0.3, 0.4) is 0 Å². The van der Waals surface area contributed by atoms with Gasteiger partial charge < -0.3 is 31.5 Å². The van der Waals surface area contributed by atoms with Gasteiger partial charge in [-0.3, -0.25) is 0 Å². The van der Waals surface area contributed by atoms with E-state index in [4.69, 9.17) is 11.5 Å². The Hall–Kier alpha value is -2.76. The maximum atomic E-state index is 10.5. The van der Waals surface area contributed by atoms with E-state index >= 15 is 0 Å². The highest BCUT2D eigenvalue weighted by atomic mass is 16.3. The number of rotatable bonds is 0. The van der Waals surface area contributed by atoms with Crippen LogP contribution in [-0.4, -0.2) is 16.9 Å². The first-order valence-electron chi connectivity index (χ1n) is 7.60. The number of anilines is 4. The molecule has 120 valence electrons. The van der Waals surface area contributed by atoms with Gasteiger partial charge in [-0.05, 0) is 48.2 Å². The lowest BCUT2D eigenvalue weighted by Crippen LogP contribution is -2.46. The molecule has 4 rings (SSSR count). The molecule has 0 spiro atoms. The van der Waals surface area contributed by atoms with Crippen LogP contribution in [0.25, 0.3) is 0 Å². The molecule has 2 bridgehead atoms. The fraction of sp³-hybridized carbons (Fsp3) is 0.294. The third kappa shape index (κ3) is 1.75. The quantitative estimate of drug-likeness (QED) is 0.439. The van der Waals surface area contributed by atoms with Crippen molar-refractivity contribution in [3.63, 3.8) is 0 Å². The third-order valence-corrected chi connectivity index (χ3v) is 4.87. The first-order valence-corrected chi connectivity index (χ1v) is 7.60. The van der Waals surface area contributed by atoms with Gasteiger partial charge in [0.15, 0.2) is 5.75 Å². The smallest absolute Gasteiger partial charge is 0.162 e. The number of aromatic hydroxyl groups is 2. The largest absolute Gasteiger partial charge is 0.505 e. The molecule has 0 aromatic heterocycles. The van der Waals surface area contributed by atoms with E-state index in [1.165, 1.54) is 0 Å². The summed E-state index contributed by atoms with van der Waals surface area (Å²) >= 11 is 0. The first-order chi connectivity index (χ1) is 10.9. The molecule has 0 atom stereocenters. The Bertz CT molecular complexity index is 778. The second-order valence-corrected chi connectivity index (χ2v) is 6.46. The summed E-state index contributed by atoms with van der Waals surface area (Å²) in [6.45, 7) is 5.60. The van der Waals surface area contributed by atoms with Crippen molar-refractivity contribution >= 4 is 22.7 Å². The molecule has 0 unspecified atom stereocenters. The highest BCUT2D eigenvalue weighted by Gasteiger charge is 2.34. The average molecular weight is 312 g/mol. The first kappa shape index (κ1) is 13.9. The lowest BCUT2D eigenvalue weighted by atomic mass is 9.96. The molecule has 0 radical (unpaired) electrons. The zero-order valence-electron chi connectivity index (χ0n) is 13.2. The minimum absolute atomic E-state index is 0.152. The monoisotopic (exact) mass is 312 g/mol. The van der Waals surface area contributed by atoms with Crippen LogP contribution in [-0.2, 0) is 13.1 Å². The number of hydrogen-bond acceptors (Lipinski definition) is 6.